The van der Waals surface area contributed by atoms with Crippen LogP contribution in [0.2, 0.25) is 0 Å². The highest BCUT2D eigenvalue weighted by Crippen LogP contribution is 2.13. The quantitative estimate of drug-likeness (QED) is 0.184. The summed E-state index contributed by atoms with van der Waals surface area (Å²) >= 11 is 0. The molecule has 0 saturated carbocycles. The van der Waals surface area contributed by atoms with E-state index in [1.54, 1.807) is 0 Å². The van der Waals surface area contributed by atoms with E-state index in [2.05, 4.69) is 13.8 Å². The molecule has 1 unspecified atom stereocenters. The molecule has 26 heavy (non-hydrogen) atoms. The number of hydrogen-bond acceptors (Lipinski definition) is 3. The van der Waals surface area contributed by atoms with Gasteiger partial charge in [-0.3, -0.25) is 4.90 Å². The van der Waals surface area contributed by atoms with Crippen LogP contribution in [0, 0.1) is 0 Å². The fraction of sp³-hybridized carbons (Fsp3) is 1.00. The van der Waals surface area contributed by atoms with Crippen LogP contribution < -0.4 is 0 Å². The molecule has 0 heterocycles. The fourth-order valence-corrected chi connectivity index (χ4v) is 3.37. The van der Waals surface area contributed by atoms with Gasteiger partial charge < -0.3 is 9.84 Å². The van der Waals surface area contributed by atoms with E-state index in [1.165, 1.54) is 96.3 Å². The Bertz CT molecular complexity index is 261. The molecule has 3 heteroatoms. The number of hydrogen-bond donors (Lipinski definition) is 1. The standard InChI is InChI=1S/C23H49NO2/c1-4-5-6-7-8-9-10-11-12-13-14-15-16-17-18-19-22-26-23(2)24(3)20-21-25/h23,25H,4-22H2,1-3H3. The summed E-state index contributed by atoms with van der Waals surface area (Å²) in [6.07, 6.45) is 22.5. The first-order valence-corrected chi connectivity index (χ1v) is 11.6. The molecule has 0 aromatic heterocycles. The molecular weight excluding hydrogens is 322 g/mol. The monoisotopic (exact) mass is 371 g/mol. The van der Waals surface area contributed by atoms with Gasteiger partial charge in [-0.1, -0.05) is 103 Å². The third kappa shape index (κ3) is 18.7. The van der Waals surface area contributed by atoms with Crippen molar-refractivity contribution in [1.82, 2.24) is 4.90 Å². The maximum absolute atomic E-state index is 8.91. The van der Waals surface area contributed by atoms with Crippen molar-refractivity contribution in [3.63, 3.8) is 0 Å². The molecule has 3 nitrogen and oxygen atoms in total. The number of aliphatic hydroxyl groups is 1. The zero-order chi connectivity index (χ0) is 19.3. The Morgan fingerprint density at radius 2 is 1.08 bits per heavy atom. The number of likely N-dealkylation sites (N-methyl/N-ethyl adjacent to an activating group) is 1. The molecule has 0 saturated heterocycles. The highest BCUT2D eigenvalue weighted by atomic mass is 16.5. The second-order valence-corrected chi connectivity index (χ2v) is 7.98. The van der Waals surface area contributed by atoms with Crippen LogP contribution in [0.4, 0.5) is 0 Å². The SMILES string of the molecule is CCCCCCCCCCCCCCCCCCOC(C)N(C)CCO. The summed E-state index contributed by atoms with van der Waals surface area (Å²) in [5, 5.41) is 8.91. The number of rotatable bonds is 21. The van der Waals surface area contributed by atoms with E-state index in [0.717, 1.165) is 13.0 Å². The second kappa shape index (κ2) is 21.2. The van der Waals surface area contributed by atoms with Crippen molar-refractivity contribution in [3.05, 3.63) is 0 Å². The number of nitrogens with zero attached hydrogens (tertiary/aromatic N) is 1. The molecule has 0 radical (unpaired) electrons. The lowest BCUT2D eigenvalue weighted by atomic mass is 10.0. The zero-order valence-electron chi connectivity index (χ0n) is 18.3. The van der Waals surface area contributed by atoms with Crippen molar-refractivity contribution in [2.45, 2.75) is 123 Å². The molecule has 0 spiro atoms. The fourth-order valence-electron chi connectivity index (χ4n) is 3.37. The molecule has 1 N–H and O–H groups in total. The normalized spacial score (nSPS) is 12.8. The van der Waals surface area contributed by atoms with Gasteiger partial charge in [-0.15, -0.1) is 0 Å². The summed E-state index contributed by atoms with van der Waals surface area (Å²) < 4.78 is 5.79. The molecule has 0 aromatic carbocycles. The molecule has 0 aliphatic carbocycles. The van der Waals surface area contributed by atoms with Crippen LogP contribution >= 0.6 is 0 Å². The van der Waals surface area contributed by atoms with Gasteiger partial charge in [0.15, 0.2) is 0 Å². The predicted molar refractivity (Wildman–Crippen MR) is 115 cm³/mol. The van der Waals surface area contributed by atoms with Gasteiger partial charge in [0.25, 0.3) is 0 Å². The Morgan fingerprint density at radius 1 is 0.692 bits per heavy atom. The Hall–Kier alpha value is -0.120. The minimum atomic E-state index is 0.110. The van der Waals surface area contributed by atoms with Gasteiger partial charge in [0.05, 0.1) is 6.61 Å². The van der Waals surface area contributed by atoms with Gasteiger partial charge in [0, 0.05) is 13.2 Å². The molecule has 0 aromatic rings. The smallest absolute Gasteiger partial charge is 0.107 e. The van der Waals surface area contributed by atoms with Gasteiger partial charge in [-0.25, -0.2) is 0 Å². The highest BCUT2D eigenvalue weighted by Gasteiger charge is 2.07. The van der Waals surface area contributed by atoms with Crippen LogP contribution in [0.1, 0.15) is 117 Å². The molecule has 0 amide bonds. The Morgan fingerprint density at radius 3 is 1.46 bits per heavy atom. The van der Waals surface area contributed by atoms with Crippen molar-refractivity contribution in [2.24, 2.45) is 0 Å². The van der Waals surface area contributed by atoms with Gasteiger partial charge in [0.2, 0.25) is 0 Å². The van der Waals surface area contributed by atoms with E-state index < -0.39 is 0 Å². The van der Waals surface area contributed by atoms with Crippen molar-refractivity contribution in [2.75, 3.05) is 26.8 Å². The third-order valence-corrected chi connectivity index (χ3v) is 5.43. The predicted octanol–water partition coefficient (Wildman–Crippen LogP) is 6.53. The van der Waals surface area contributed by atoms with Crippen molar-refractivity contribution in [3.8, 4) is 0 Å². The maximum Gasteiger partial charge on any atom is 0.107 e. The van der Waals surface area contributed by atoms with Crippen LogP contribution in [-0.4, -0.2) is 43.0 Å². The van der Waals surface area contributed by atoms with Crippen LogP contribution in [0.3, 0.4) is 0 Å². The molecule has 0 fully saturated rings. The average molecular weight is 372 g/mol. The average Bonchev–Trinajstić information content (AvgIpc) is 2.64. The lowest BCUT2D eigenvalue weighted by molar-refractivity contribution is -0.0409. The van der Waals surface area contributed by atoms with E-state index in [4.69, 9.17) is 9.84 Å². The van der Waals surface area contributed by atoms with Crippen LogP contribution in [0.25, 0.3) is 0 Å². The number of aliphatic hydroxyl groups excluding tert-OH is 1. The third-order valence-electron chi connectivity index (χ3n) is 5.43. The van der Waals surface area contributed by atoms with Gasteiger partial charge in [-0.05, 0) is 20.4 Å². The number of unbranched alkanes of at least 4 members (excludes halogenated alkanes) is 15. The largest absolute Gasteiger partial charge is 0.395 e. The Labute approximate surface area is 164 Å². The van der Waals surface area contributed by atoms with Gasteiger partial charge in [0.1, 0.15) is 6.23 Å². The number of ether oxygens (including phenoxy) is 1. The molecular formula is C23H49NO2. The van der Waals surface area contributed by atoms with Crippen molar-refractivity contribution >= 4 is 0 Å². The summed E-state index contributed by atoms with van der Waals surface area (Å²) in [7, 11) is 1.99. The summed E-state index contributed by atoms with van der Waals surface area (Å²) in [5.74, 6) is 0. The summed E-state index contributed by atoms with van der Waals surface area (Å²) in [4.78, 5) is 2.05. The topological polar surface area (TPSA) is 32.7 Å². The van der Waals surface area contributed by atoms with Crippen molar-refractivity contribution < 1.29 is 9.84 Å². The van der Waals surface area contributed by atoms with E-state index in [9.17, 15) is 0 Å². The highest BCUT2D eigenvalue weighted by molar-refractivity contribution is 4.53. The van der Waals surface area contributed by atoms with Crippen LogP contribution in [0.5, 0.6) is 0 Å². The van der Waals surface area contributed by atoms with Crippen LogP contribution in [-0.2, 0) is 4.74 Å². The minimum absolute atomic E-state index is 0.110. The lowest BCUT2D eigenvalue weighted by Gasteiger charge is -2.23. The van der Waals surface area contributed by atoms with E-state index >= 15 is 0 Å². The molecule has 1 atom stereocenters. The summed E-state index contributed by atoms with van der Waals surface area (Å²) in [6.45, 7) is 6.07. The maximum atomic E-state index is 8.91. The van der Waals surface area contributed by atoms with Gasteiger partial charge in [-0.2, -0.15) is 0 Å². The Balaban J connectivity index is 3.11. The van der Waals surface area contributed by atoms with Crippen molar-refractivity contribution in [1.29, 1.82) is 0 Å². The first-order valence-electron chi connectivity index (χ1n) is 11.6. The summed E-state index contributed by atoms with van der Waals surface area (Å²) in [5.41, 5.74) is 0. The zero-order valence-corrected chi connectivity index (χ0v) is 18.3. The minimum Gasteiger partial charge on any atom is -0.395 e. The van der Waals surface area contributed by atoms with Crippen LogP contribution in [0.15, 0.2) is 0 Å². The molecule has 158 valence electrons. The van der Waals surface area contributed by atoms with E-state index in [1.807, 2.05) is 11.9 Å². The summed E-state index contributed by atoms with van der Waals surface area (Å²) in [6, 6.07) is 0. The Kier molecular flexibility index (Phi) is 21.1. The van der Waals surface area contributed by atoms with Gasteiger partial charge >= 0.3 is 0 Å². The first-order chi connectivity index (χ1) is 12.7. The molecule has 0 aliphatic rings. The van der Waals surface area contributed by atoms with E-state index in [-0.39, 0.29) is 12.8 Å². The molecule has 0 rings (SSSR count). The molecule has 0 aliphatic heterocycles. The van der Waals surface area contributed by atoms with E-state index in [0.29, 0.717) is 6.54 Å². The first kappa shape index (κ1) is 25.9. The lowest BCUT2D eigenvalue weighted by Crippen LogP contribution is -2.33. The molecule has 0 bridgehead atoms. The second-order valence-electron chi connectivity index (χ2n) is 7.98.